The molecule has 1 unspecified atom stereocenters. The molecule has 130 valence electrons. The first-order chi connectivity index (χ1) is 11.3. The number of halogens is 1. The number of rotatable bonds is 6. The molecule has 0 amide bonds. The van der Waals surface area contributed by atoms with Gasteiger partial charge in [0.2, 0.25) is 0 Å². The summed E-state index contributed by atoms with van der Waals surface area (Å²) in [5.74, 6) is 0.249. The van der Waals surface area contributed by atoms with Gasteiger partial charge in [0, 0.05) is 16.9 Å². The molecule has 2 aromatic rings. The third kappa shape index (κ3) is 5.23. The minimum absolute atomic E-state index is 0.300. The van der Waals surface area contributed by atoms with Crippen molar-refractivity contribution in [1.82, 2.24) is 4.72 Å². The van der Waals surface area contributed by atoms with Crippen molar-refractivity contribution in [2.75, 3.05) is 0 Å². The van der Waals surface area contributed by atoms with E-state index in [-0.39, 0.29) is 11.9 Å². The van der Waals surface area contributed by atoms with E-state index >= 15 is 0 Å². The van der Waals surface area contributed by atoms with Crippen LogP contribution in [0.1, 0.15) is 44.9 Å². The molecule has 2 atom stereocenters. The molecule has 0 fully saturated rings. The highest BCUT2D eigenvalue weighted by Crippen LogP contribution is 2.28. The molecule has 3 nitrogen and oxygen atoms in total. The van der Waals surface area contributed by atoms with Gasteiger partial charge < -0.3 is 9.29 Å². The van der Waals surface area contributed by atoms with Crippen LogP contribution in [0.25, 0.3) is 0 Å². The van der Waals surface area contributed by atoms with Crippen molar-refractivity contribution in [3.05, 3.63) is 65.5 Å². The van der Waals surface area contributed by atoms with Crippen molar-refractivity contribution in [2.45, 2.75) is 45.1 Å². The second-order valence-corrected chi connectivity index (χ2v) is 8.67. The van der Waals surface area contributed by atoms with E-state index < -0.39 is 16.1 Å². The molecule has 24 heavy (non-hydrogen) atoms. The standard InChI is InChI=1S/C19H24FNO2S/c1-14(21-24(22)19(2,3)4)17-12-16(20)10-11-18(17)23-13-15-8-6-5-7-9-15/h5-12,14,21H,13H2,1-4H3/t14-,24?/m1/s1. The number of ether oxygens (including phenoxy) is 1. The fourth-order valence-electron chi connectivity index (χ4n) is 2.13. The van der Waals surface area contributed by atoms with E-state index in [1.54, 1.807) is 6.07 Å². The predicted molar refractivity (Wildman–Crippen MR) is 96.6 cm³/mol. The fraction of sp³-hybridized carbons (Fsp3) is 0.368. The molecule has 0 bridgehead atoms. The molecule has 0 saturated carbocycles. The normalized spacial score (nSPS) is 14.2. The summed E-state index contributed by atoms with van der Waals surface area (Å²) in [5, 5.41) is 0. The first kappa shape index (κ1) is 18.8. The fourth-order valence-corrected chi connectivity index (χ4v) is 2.93. The Hall–Kier alpha value is -1.56. The summed E-state index contributed by atoms with van der Waals surface area (Å²) in [7, 11) is 0. The van der Waals surface area contributed by atoms with Crippen LogP contribution in [-0.2, 0) is 18.0 Å². The summed E-state index contributed by atoms with van der Waals surface area (Å²) in [4.78, 5) is 0. The Kier molecular flexibility index (Phi) is 6.27. The van der Waals surface area contributed by atoms with Crippen LogP contribution in [0, 0.1) is 5.82 Å². The highest BCUT2D eigenvalue weighted by Gasteiger charge is 2.29. The van der Waals surface area contributed by atoms with Crippen LogP contribution in [-0.4, -0.2) is 9.30 Å². The Labute approximate surface area is 146 Å². The monoisotopic (exact) mass is 349 g/mol. The third-order valence-electron chi connectivity index (χ3n) is 3.52. The molecule has 0 heterocycles. The van der Waals surface area contributed by atoms with E-state index in [2.05, 4.69) is 4.72 Å². The molecule has 5 heteroatoms. The summed E-state index contributed by atoms with van der Waals surface area (Å²) in [6, 6.07) is 13.9. The van der Waals surface area contributed by atoms with Crippen LogP contribution in [0.5, 0.6) is 5.75 Å². The lowest BCUT2D eigenvalue weighted by atomic mass is 10.1. The van der Waals surface area contributed by atoms with Gasteiger partial charge in [0.15, 0.2) is 0 Å². The zero-order valence-electron chi connectivity index (χ0n) is 14.5. The SMILES string of the molecule is C[C@@H](N[S+]([O-])C(C)(C)C)c1cc(F)ccc1OCc1ccccc1. The number of hydrogen-bond acceptors (Lipinski definition) is 3. The van der Waals surface area contributed by atoms with Gasteiger partial charge in [-0.25, -0.2) is 4.39 Å². The molecule has 0 spiro atoms. The number of hydrogen-bond donors (Lipinski definition) is 1. The van der Waals surface area contributed by atoms with E-state index in [1.807, 2.05) is 58.0 Å². The Morgan fingerprint density at radius 3 is 2.46 bits per heavy atom. The smallest absolute Gasteiger partial charge is 0.136 e. The average Bonchev–Trinajstić information content (AvgIpc) is 2.53. The van der Waals surface area contributed by atoms with Gasteiger partial charge in [-0.15, -0.1) is 4.72 Å². The molecule has 0 aliphatic rings. The largest absolute Gasteiger partial charge is 0.598 e. The molecule has 2 aromatic carbocycles. The molecule has 2 rings (SSSR count). The van der Waals surface area contributed by atoms with Crippen LogP contribution in [0.2, 0.25) is 0 Å². The molecule has 0 radical (unpaired) electrons. The highest BCUT2D eigenvalue weighted by molar-refractivity contribution is 7.90. The van der Waals surface area contributed by atoms with E-state index in [9.17, 15) is 8.94 Å². The van der Waals surface area contributed by atoms with E-state index in [1.165, 1.54) is 12.1 Å². The van der Waals surface area contributed by atoms with Gasteiger partial charge in [-0.1, -0.05) is 30.3 Å². The van der Waals surface area contributed by atoms with Crippen molar-refractivity contribution in [1.29, 1.82) is 0 Å². The molecule has 0 aliphatic carbocycles. The maximum absolute atomic E-state index is 13.7. The van der Waals surface area contributed by atoms with E-state index in [0.717, 1.165) is 5.56 Å². The van der Waals surface area contributed by atoms with Crippen LogP contribution in [0.3, 0.4) is 0 Å². The lowest BCUT2D eigenvalue weighted by Crippen LogP contribution is -2.40. The van der Waals surface area contributed by atoms with E-state index in [0.29, 0.717) is 17.9 Å². The first-order valence-corrected chi connectivity index (χ1v) is 9.06. The zero-order chi connectivity index (χ0) is 17.7. The van der Waals surface area contributed by atoms with Crippen LogP contribution in [0.15, 0.2) is 48.5 Å². The average molecular weight is 349 g/mol. The summed E-state index contributed by atoms with van der Waals surface area (Å²) in [6.45, 7) is 7.92. The summed E-state index contributed by atoms with van der Waals surface area (Å²) < 4.78 is 34.5. The van der Waals surface area contributed by atoms with Gasteiger partial charge in [0.25, 0.3) is 0 Å². The zero-order valence-corrected chi connectivity index (χ0v) is 15.3. The molecule has 0 saturated heterocycles. The second kappa shape index (κ2) is 8.01. The minimum Gasteiger partial charge on any atom is -0.598 e. The van der Waals surface area contributed by atoms with Crippen molar-refractivity contribution < 1.29 is 13.7 Å². The van der Waals surface area contributed by atoms with Crippen molar-refractivity contribution in [2.24, 2.45) is 0 Å². The number of nitrogens with one attached hydrogen (secondary N) is 1. The Morgan fingerprint density at radius 2 is 1.83 bits per heavy atom. The van der Waals surface area contributed by atoms with Crippen LogP contribution >= 0.6 is 0 Å². The lowest BCUT2D eigenvalue weighted by molar-refractivity contribution is 0.300. The summed E-state index contributed by atoms with van der Waals surface area (Å²) in [5.41, 5.74) is 1.69. The lowest BCUT2D eigenvalue weighted by Gasteiger charge is -2.27. The molecule has 0 aromatic heterocycles. The maximum atomic E-state index is 13.7. The molecular weight excluding hydrogens is 325 g/mol. The van der Waals surface area contributed by atoms with Crippen molar-refractivity contribution >= 4 is 11.4 Å². The Morgan fingerprint density at radius 1 is 1.17 bits per heavy atom. The topological polar surface area (TPSA) is 44.3 Å². The molecule has 0 aliphatic heterocycles. The summed E-state index contributed by atoms with van der Waals surface area (Å²) >= 11 is -1.25. The van der Waals surface area contributed by atoms with Gasteiger partial charge in [0.05, 0.1) is 6.04 Å². The first-order valence-electron chi connectivity index (χ1n) is 7.91. The van der Waals surface area contributed by atoms with Gasteiger partial charge in [0.1, 0.15) is 22.9 Å². The van der Waals surface area contributed by atoms with Crippen LogP contribution < -0.4 is 9.46 Å². The van der Waals surface area contributed by atoms with E-state index in [4.69, 9.17) is 4.74 Å². The third-order valence-corrected chi connectivity index (χ3v) is 5.20. The number of benzene rings is 2. The van der Waals surface area contributed by atoms with Crippen LogP contribution in [0.4, 0.5) is 4.39 Å². The predicted octanol–water partition coefficient (Wildman–Crippen LogP) is 4.52. The summed E-state index contributed by atoms with van der Waals surface area (Å²) in [6.07, 6.45) is 0. The molecule has 1 N–H and O–H groups in total. The Balaban J connectivity index is 2.14. The van der Waals surface area contributed by atoms with Crippen molar-refractivity contribution in [3.8, 4) is 5.75 Å². The van der Waals surface area contributed by atoms with Gasteiger partial charge >= 0.3 is 0 Å². The maximum Gasteiger partial charge on any atom is 0.136 e. The Bertz CT molecular complexity index is 658. The van der Waals surface area contributed by atoms with Gasteiger partial charge in [-0.05, 0) is 51.5 Å². The highest BCUT2D eigenvalue weighted by atomic mass is 32.2. The second-order valence-electron chi connectivity index (χ2n) is 6.68. The molecular formula is C19H24FNO2S. The van der Waals surface area contributed by atoms with Gasteiger partial charge in [-0.2, -0.15) is 0 Å². The van der Waals surface area contributed by atoms with Gasteiger partial charge in [-0.3, -0.25) is 0 Å². The minimum atomic E-state index is -1.25. The van der Waals surface area contributed by atoms with Crippen molar-refractivity contribution in [3.63, 3.8) is 0 Å². The quantitative estimate of drug-likeness (QED) is 0.780.